The van der Waals surface area contributed by atoms with Gasteiger partial charge in [-0.1, -0.05) is 0 Å². The van der Waals surface area contributed by atoms with Gasteiger partial charge in [-0.05, 0) is 6.92 Å². The topological polar surface area (TPSA) is 75.6 Å². The first-order valence-electron chi connectivity index (χ1n) is 6.96. The molecule has 2 saturated heterocycles. The molecule has 21 heavy (non-hydrogen) atoms. The predicted octanol–water partition coefficient (Wildman–Crippen LogP) is -0.149. The Balaban J connectivity index is 1.81. The van der Waals surface area contributed by atoms with Gasteiger partial charge in [-0.2, -0.15) is 4.98 Å². The van der Waals surface area contributed by atoms with Crippen LogP contribution in [-0.2, 0) is 9.59 Å². The average molecular weight is 290 g/mol. The molecule has 2 aliphatic heterocycles. The maximum absolute atomic E-state index is 12.3. The minimum atomic E-state index is -0.585. The smallest absolute Gasteiger partial charge is 0.264 e. The van der Waals surface area contributed by atoms with E-state index in [1.807, 2.05) is 0 Å². The van der Waals surface area contributed by atoms with Crippen LogP contribution in [0.4, 0.5) is 0 Å². The maximum atomic E-state index is 12.3. The number of nitrogens with zero attached hydrogens (tertiary/aromatic N) is 4. The van der Waals surface area contributed by atoms with Gasteiger partial charge in [0.1, 0.15) is 5.82 Å². The van der Waals surface area contributed by atoms with Gasteiger partial charge in [0.25, 0.3) is 5.91 Å². The van der Waals surface area contributed by atoms with E-state index >= 15 is 0 Å². The number of hydrogen-bond donors (Lipinski definition) is 0. The van der Waals surface area contributed by atoms with Crippen LogP contribution in [0.3, 0.4) is 0 Å². The maximum Gasteiger partial charge on any atom is 0.264 e. The largest absolute Gasteiger partial charge is 0.464 e. The monoisotopic (exact) mass is 290 g/mol. The van der Waals surface area contributed by atoms with Gasteiger partial charge in [-0.15, -0.1) is 0 Å². The molecule has 2 fully saturated rings. The Kier molecular flexibility index (Phi) is 3.27. The van der Waals surface area contributed by atoms with Crippen LogP contribution < -0.4 is 4.74 Å². The van der Waals surface area contributed by atoms with E-state index in [1.54, 1.807) is 43.0 Å². The summed E-state index contributed by atoms with van der Waals surface area (Å²) in [7, 11) is 1.76. The SMILES string of the molecule is CC(=O)N1C[C@@H]2[C@H](Oc3ccnc(C)n3)C(=O)N(C)[C@@H]2C1. The predicted molar refractivity (Wildman–Crippen MR) is 73.5 cm³/mol. The van der Waals surface area contributed by atoms with Crippen molar-refractivity contribution < 1.29 is 14.3 Å². The summed E-state index contributed by atoms with van der Waals surface area (Å²) in [6, 6.07) is 1.67. The highest BCUT2D eigenvalue weighted by molar-refractivity contribution is 5.85. The summed E-state index contributed by atoms with van der Waals surface area (Å²) in [6.45, 7) is 4.44. The van der Waals surface area contributed by atoms with Crippen LogP contribution in [0.5, 0.6) is 5.88 Å². The van der Waals surface area contributed by atoms with E-state index in [-0.39, 0.29) is 23.8 Å². The van der Waals surface area contributed by atoms with Crippen molar-refractivity contribution in [3.8, 4) is 5.88 Å². The third kappa shape index (κ3) is 2.32. The zero-order valence-corrected chi connectivity index (χ0v) is 12.3. The van der Waals surface area contributed by atoms with Gasteiger partial charge in [0.15, 0.2) is 6.10 Å². The van der Waals surface area contributed by atoms with Crippen molar-refractivity contribution in [2.45, 2.75) is 26.0 Å². The summed E-state index contributed by atoms with van der Waals surface area (Å²) in [5.41, 5.74) is 0. The number of carbonyl (C=O) groups is 2. The van der Waals surface area contributed by atoms with Gasteiger partial charge in [-0.25, -0.2) is 4.98 Å². The molecule has 3 rings (SSSR count). The lowest BCUT2D eigenvalue weighted by Gasteiger charge is -2.21. The van der Waals surface area contributed by atoms with Crippen LogP contribution >= 0.6 is 0 Å². The van der Waals surface area contributed by atoms with Gasteiger partial charge < -0.3 is 14.5 Å². The Hall–Kier alpha value is -2.18. The summed E-state index contributed by atoms with van der Waals surface area (Å²) in [4.78, 5) is 35.5. The quantitative estimate of drug-likeness (QED) is 0.757. The van der Waals surface area contributed by atoms with Gasteiger partial charge in [-0.3, -0.25) is 9.59 Å². The first-order valence-corrected chi connectivity index (χ1v) is 6.96. The number of amides is 2. The standard InChI is InChI=1S/C14H18N4O3/c1-8-15-5-4-12(16-8)21-13-10-6-18(9(2)19)7-11(10)17(3)14(13)20/h4-5,10-11,13H,6-7H2,1-3H3/t10-,11+,13-/m0/s1. The highest BCUT2D eigenvalue weighted by Crippen LogP contribution is 2.33. The van der Waals surface area contributed by atoms with E-state index < -0.39 is 6.10 Å². The summed E-state index contributed by atoms with van der Waals surface area (Å²) in [6.07, 6.45) is 1.02. The molecule has 112 valence electrons. The highest BCUT2D eigenvalue weighted by Gasteiger charge is 2.53. The van der Waals surface area contributed by atoms with Gasteiger partial charge >= 0.3 is 0 Å². The lowest BCUT2D eigenvalue weighted by molar-refractivity contribution is -0.136. The van der Waals surface area contributed by atoms with E-state index in [1.165, 1.54) is 0 Å². The number of aryl methyl sites for hydroxylation is 1. The molecule has 0 aliphatic carbocycles. The fourth-order valence-electron chi connectivity index (χ4n) is 3.09. The van der Waals surface area contributed by atoms with Crippen molar-refractivity contribution in [1.82, 2.24) is 19.8 Å². The lowest BCUT2D eigenvalue weighted by Crippen LogP contribution is -2.39. The molecule has 2 aliphatic rings. The normalized spacial score (nSPS) is 28.0. The molecule has 0 N–H and O–H groups in total. The van der Waals surface area contributed by atoms with Gasteiger partial charge in [0.05, 0.1) is 6.04 Å². The molecule has 7 nitrogen and oxygen atoms in total. The Morgan fingerprint density at radius 2 is 2.19 bits per heavy atom. The number of fused-ring (bicyclic) bond motifs is 1. The van der Waals surface area contributed by atoms with E-state index in [0.29, 0.717) is 24.8 Å². The van der Waals surface area contributed by atoms with E-state index in [4.69, 9.17) is 4.74 Å². The number of hydrogen-bond acceptors (Lipinski definition) is 5. The molecule has 7 heteroatoms. The van der Waals surface area contributed by atoms with Crippen molar-refractivity contribution >= 4 is 11.8 Å². The van der Waals surface area contributed by atoms with Crippen LogP contribution in [0.15, 0.2) is 12.3 Å². The molecule has 2 amide bonds. The number of likely N-dealkylation sites (N-methyl/N-ethyl adjacent to an activating group) is 1. The van der Waals surface area contributed by atoms with E-state index in [9.17, 15) is 9.59 Å². The third-order valence-corrected chi connectivity index (χ3v) is 4.25. The van der Waals surface area contributed by atoms with Crippen molar-refractivity contribution in [3.05, 3.63) is 18.1 Å². The van der Waals surface area contributed by atoms with Gasteiger partial charge in [0, 0.05) is 45.2 Å². The Labute approximate surface area is 122 Å². The Morgan fingerprint density at radius 1 is 1.43 bits per heavy atom. The molecule has 0 bridgehead atoms. The molecule has 0 saturated carbocycles. The van der Waals surface area contributed by atoms with E-state index in [0.717, 1.165) is 0 Å². The van der Waals surface area contributed by atoms with Crippen LogP contribution in [-0.4, -0.2) is 63.9 Å². The van der Waals surface area contributed by atoms with Gasteiger partial charge in [0.2, 0.25) is 11.8 Å². The molecule has 1 aromatic heterocycles. The zero-order valence-electron chi connectivity index (χ0n) is 12.3. The molecule has 1 aromatic rings. The molecule has 0 unspecified atom stereocenters. The molecular weight excluding hydrogens is 272 g/mol. The number of aromatic nitrogens is 2. The Morgan fingerprint density at radius 3 is 2.86 bits per heavy atom. The number of likely N-dealkylation sites (tertiary alicyclic amines) is 2. The third-order valence-electron chi connectivity index (χ3n) is 4.25. The fraction of sp³-hybridized carbons (Fsp3) is 0.571. The number of carbonyl (C=O) groups excluding carboxylic acids is 2. The van der Waals surface area contributed by atoms with Crippen molar-refractivity contribution in [3.63, 3.8) is 0 Å². The summed E-state index contributed by atoms with van der Waals surface area (Å²) >= 11 is 0. The fourth-order valence-corrected chi connectivity index (χ4v) is 3.09. The van der Waals surface area contributed by atoms with Crippen molar-refractivity contribution in [2.75, 3.05) is 20.1 Å². The molecule has 0 radical (unpaired) electrons. The van der Waals surface area contributed by atoms with E-state index in [2.05, 4.69) is 9.97 Å². The van der Waals surface area contributed by atoms with Crippen LogP contribution in [0, 0.1) is 12.8 Å². The van der Waals surface area contributed by atoms with Crippen LogP contribution in [0.1, 0.15) is 12.7 Å². The second kappa shape index (κ2) is 4.98. The first kappa shape index (κ1) is 13.8. The van der Waals surface area contributed by atoms with Crippen LogP contribution in [0.25, 0.3) is 0 Å². The average Bonchev–Trinajstić information content (AvgIpc) is 2.95. The molecule has 3 atom stereocenters. The summed E-state index contributed by atoms with van der Waals surface area (Å²) in [5, 5.41) is 0. The minimum Gasteiger partial charge on any atom is -0.464 e. The number of rotatable bonds is 2. The number of ether oxygens (including phenoxy) is 1. The Bertz CT molecular complexity index is 591. The molecule has 0 aromatic carbocycles. The second-order valence-corrected chi connectivity index (χ2v) is 5.58. The van der Waals surface area contributed by atoms with Crippen molar-refractivity contribution in [2.24, 2.45) is 5.92 Å². The zero-order chi connectivity index (χ0) is 15.1. The summed E-state index contributed by atoms with van der Waals surface area (Å²) in [5.74, 6) is 0.962. The summed E-state index contributed by atoms with van der Waals surface area (Å²) < 4.78 is 5.80. The highest BCUT2D eigenvalue weighted by atomic mass is 16.5. The molecule has 3 heterocycles. The van der Waals surface area contributed by atoms with Crippen LogP contribution in [0.2, 0.25) is 0 Å². The minimum absolute atomic E-state index is 0.0123. The van der Waals surface area contributed by atoms with Crippen molar-refractivity contribution in [1.29, 1.82) is 0 Å². The molecule has 0 spiro atoms. The first-order chi connectivity index (χ1) is 9.97. The lowest BCUT2D eigenvalue weighted by atomic mass is 10.0. The second-order valence-electron chi connectivity index (χ2n) is 5.58. The molecular formula is C14H18N4O3.